The molecule has 3 rings (SSSR count). The highest BCUT2D eigenvalue weighted by Crippen LogP contribution is 2.45. The van der Waals surface area contributed by atoms with Crippen LogP contribution in [0.2, 0.25) is 0 Å². The van der Waals surface area contributed by atoms with Gasteiger partial charge in [-0.2, -0.15) is 0 Å². The molecule has 0 N–H and O–H groups in total. The van der Waals surface area contributed by atoms with Crippen LogP contribution >= 0.6 is 0 Å². The predicted molar refractivity (Wildman–Crippen MR) is 83.4 cm³/mol. The SMILES string of the molecule is CC[C@@H]1C(=O)N(c2ccc(OC)cc2)[C@H]1c1ccccc1. The van der Waals surface area contributed by atoms with Crippen LogP contribution in [0, 0.1) is 5.92 Å². The van der Waals surface area contributed by atoms with E-state index in [1.165, 1.54) is 5.56 Å². The summed E-state index contributed by atoms with van der Waals surface area (Å²) in [6.45, 7) is 2.07. The maximum absolute atomic E-state index is 12.4. The van der Waals surface area contributed by atoms with Crippen molar-refractivity contribution in [2.75, 3.05) is 12.0 Å². The molecule has 1 fully saturated rings. The van der Waals surface area contributed by atoms with Gasteiger partial charge in [0.15, 0.2) is 0 Å². The van der Waals surface area contributed by atoms with E-state index in [1.807, 2.05) is 47.4 Å². The van der Waals surface area contributed by atoms with Crippen molar-refractivity contribution in [2.24, 2.45) is 5.92 Å². The lowest BCUT2D eigenvalue weighted by Gasteiger charge is -2.47. The van der Waals surface area contributed by atoms with Gasteiger partial charge in [0.25, 0.3) is 0 Å². The number of rotatable bonds is 4. The fourth-order valence-electron chi connectivity index (χ4n) is 3.01. The number of hydrogen-bond acceptors (Lipinski definition) is 2. The number of anilines is 1. The molecule has 0 unspecified atom stereocenters. The zero-order valence-corrected chi connectivity index (χ0v) is 12.3. The van der Waals surface area contributed by atoms with Crippen LogP contribution in [-0.4, -0.2) is 13.0 Å². The van der Waals surface area contributed by atoms with E-state index in [0.717, 1.165) is 17.9 Å². The number of nitrogens with zero attached hydrogens (tertiary/aromatic N) is 1. The monoisotopic (exact) mass is 281 g/mol. The molecule has 1 amide bonds. The Balaban J connectivity index is 1.94. The minimum atomic E-state index is 0.0782. The standard InChI is InChI=1S/C18H19NO2/c1-3-16-17(13-7-5-4-6-8-13)19(18(16)20)14-9-11-15(21-2)12-10-14/h4-12,16-17H,3H2,1-2H3/t16-,17-/m0/s1. The molecule has 2 aromatic carbocycles. The van der Waals surface area contributed by atoms with Gasteiger partial charge in [-0.15, -0.1) is 0 Å². The largest absolute Gasteiger partial charge is 0.497 e. The summed E-state index contributed by atoms with van der Waals surface area (Å²) in [5.74, 6) is 1.08. The van der Waals surface area contributed by atoms with Crippen molar-refractivity contribution in [1.29, 1.82) is 0 Å². The second-order valence-corrected chi connectivity index (χ2v) is 5.28. The number of ether oxygens (including phenoxy) is 1. The maximum atomic E-state index is 12.4. The highest BCUT2D eigenvalue weighted by atomic mass is 16.5. The van der Waals surface area contributed by atoms with Crippen LogP contribution in [0.1, 0.15) is 24.9 Å². The summed E-state index contributed by atoms with van der Waals surface area (Å²) in [7, 11) is 1.64. The summed E-state index contributed by atoms with van der Waals surface area (Å²) in [4.78, 5) is 14.3. The number of methoxy groups -OCH3 is 1. The van der Waals surface area contributed by atoms with Gasteiger partial charge in [-0.05, 0) is 36.2 Å². The molecule has 1 saturated heterocycles. The molecular formula is C18H19NO2. The van der Waals surface area contributed by atoms with E-state index in [0.29, 0.717) is 0 Å². The van der Waals surface area contributed by atoms with E-state index in [9.17, 15) is 4.79 Å². The van der Waals surface area contributed by atoms with Crippen LogP contribution in [0.25, 0.3) is 0 Å². The van der Waals surface area contributed by atoms with Gasteiger partial charge in [0.1, 0.15) is 5.75 Å². The van der Waals surface area contributed by atoms with E-state index >= 15 is 0 Å². The van der Waals surface area contributed by atoms with Gasteiger partial charge in [0.05, 0.1) is 19.1 Å². The highest BCUT2D eigenvalue weighted by Gasteiger charge is 2.47. The van der Waals surface area contributed by atoms with Crippen molar-refractivity contribution in [3.63, 3.8) is 0 Å². The predicted octanol–water partition coefficient (Wildman–Crippen LogP) is 3.81. The normalized spacial score (nSPS) is 21.0. The molecule has 2 atom stereocenters. The van der Waals surface area contributed by atoms with Crippen LogP contribution in [-0.2, 0) is 4.79 Å². The molecule has 0 spiro atoms. The van der Waals surface area contributed by atoms with Crippen LogP contribution in [0.5, 0.6) is 5.75 Å². The van der Waals surface area contributed by atoms with Gasteiger partial charge in [0.2, 0.25) is 5.91 Å². The average Bonchev–Trinajstić information content (AvgIpc) is 2.54. The zero-order chi connectivity index (χ0) is 14.8. The quantitative estimate of drug-likeness (QED) is 0.798. The van der Waals surface area contributed by atoms with Crippen molar-refractivity contribution in [3.05, 3.63) is 60.2 Å². The first-order valence-electron chi connectivity index (χ1n) is 7.28. The van der Waals surface area contributed by atoms with Crippen LogP contribution < -0.4 is 9.64 Å². The van der Waals surface area contributed by atoms with Gasteiger partial charge >= 0.3 is 0 Å². The van der Waals surface area contributed by atoms with E-state index in [4.69, 9.17) is 4.74 Å². The molecule has 0 saturated carbocycles. The molecule has 21 heavy (non-hydrogen) atoms. The van der Waals surface area contributed by atoms with Crippen molar-refractivity contribution in [1.82, 2.24) is 0 Å². The highest BCUT2D eigenvalue weighted by molar-refractivity contribution is 6.03. The van der Waals surface area contributed by atoms with Gasteiger partial charge < -0.3 is 9.64 Å². The number of amides is 1. The van der Waals surface area contributed by atoms with Crippen LogP contribution in [0.4, 0.5) is 5.69 Å². The number of β-lactam (4-membered cyclic amide) rings is 1. The lowest BCUT2D eigenvalue weighted by atomic mass is 9.80. The number of benzene rings is 2. The summed E-state index contributed by atoms with van der Waals surface area (Å²) in [5.41, 5.74) is 2.12. The Morgan fingerprint density at radius 3 is 2.29 bits per heavy atom. The van der Waals surface area contributed by atoms with Crippen molar-refractivity contribution in [2.45, 2.75) is 19.4 Å². The minimum Gasteiger partial charge on any atom is -0.497 e. The van der Waals surface area contributed by atoms with Crippen molar-refractivity contribution < 1.29 is 9.53 Å². The summed E-state index contributed by atoms with van der Waals surface area (Å²) in [5, 5.41) is 0. The fraction of sp³-hybridized carbons (Fsp3) is 0.278. The Kier molecular flexibility index (Phi) is 3.65. The number of carbonyl (C=O) groups is 1. The summed E-state index contributed by atoms with van der Waals surface area (Å²) in [6, 6.07) is 18.0. The first kappa shape index (κ1) is 13.7. The molecular weight excluding hydrogens is 262 g/mol. The molecule has 108 valence electrons. The molecule has 0 aliphatic carbocycles. The molecule has 0 radical (unpaired) electrons. The topological polar surface area (TPSA) is 29.5 Å². The fourth-order valence-corrected chi connectivity index (χ4v) is 3.01. The van der Waals surface area contributed by atoms with Crippen LogP contribution in [0.3, 0.4) is 0 Å². The third kappa shape index (κ3) is 2.29. The molecule has 1 aliphatic heterocycles. The number of hydrogen-bond donors (Lipinski definition) is 0. The first-order chi connectivity index (χ1) is 10.3. The minimum absolute atomic E-state index is 0.0782. The Morgan fingerprint density at radius 2 is 1.71 bits per heavy atom. The van der Waals surface area contributed by atoms with Gasteiger partial charge in [-0.1, -0.05) is 37.3 Å². The van der Waals surface area contributed by atoms with Gasteiger partial charge in [-0.3, -0.25) is 4.79 Å². The molecule has 1 heterocycles. The van der Waals surface area contributed by atoms with E-state index in [2.05, 4.69) is 19.1 Å². The molecule has 1 aliphatic rings. The van der Waals surface area contributed by atoms with Crippen LogP contribution in [0.15, 0.2) is 54.6 Å². The molecule has 0 aromatic heterocycles. The van der Waals surface area contributed by atoms with Crippen molar-refractivity contribution >= 4 is 11.6 Å². The average molecular weight is 281 g/mol. The molecule has 0 bridgehead atoms. The maximum Gasteiger partial charge on any atom is 0.233 e. The lowest BCUT2D eigenvalue weighted by Crippen LogP contribution is -2.55. The van der Waals surface area contributed by atoms with E-state index in [-0.39, 0.29) is 17.9 Å². The Labute approximate surface area is 125 Å². The second-order valence-electron chi connectivity index (χ2n) is 5.28. The second kappa shape index (κ2) is 5.60. The van der Waals surface area contributed by atoms with Gasteiger partial charge in [-0.25, -0.2) is 0 Å². The van der Waals surface area contributed by atoms with E-state index < -0.39 is 0 Å². The molecule has 2 aromatic rings. The van der Waals surface area contributed by atoms with Gasteiger partial charge in [0, 0.05) is 5.69 Å². The summed E-state index contributed by atoms with van der Waals surface area (Å²) >= 11 is 0. The third-order valence-electron chi connectivity index (χ3n) is 4.15. The Hall–Kier alpha value is -2.29. The molecule has 3 heteroatoms. The Morgan fingerprint density at radius 1 is 1.05 bits per heavy atom. The third-order valence-corrected chi connectivity index (χ3v) is 4.15. The first-order valence-corrected chi connectivity index (χ1v) is 7.28. The molecule has 3 nitrogen and oxygen atoms in total. The smallest absolute Gasteiger partial charge is 0.233 e. The Bertz CT molecular complexity index is 621. The van der Waals surface area contributed by atoms with Crippen molar-refractivity contribution in [3.8, 4) is 5.75 Å². The zero-order valence-electron chi connectivity index (χ0n) is 12.3. The summed E-state index contributed by atoms with van der Waals surface area (Å²) in [6.07, 6.45) is 0.866. The lowest BCUT2D eigenvalue weighted by molar-refractivity contribution is -0.130. The summed E-state index contributed by atoms with van der Waals surface area (Å²) < 4.78 is 5.18. The van der Waals surface area contributed by atoms with E-state index in [1.54, 1.807) is 7.11 Å². The number of carbonyl (C=O) groups excluding carboxylic acids is 1.